The first-order valence-corrected chi connectivity index (χ1v) is 6.37. The number of carbonyl (C=O) groups excluding carboxylic acids is 1. The quantitative estimate of drug-likeness (QED) is 0.896. The van der Waals surface area contributed by atoms with Gasteiger partial charge in [0.1, 0.15) is 5.75 Å². The van der Waals surface area contributed by atoms with Gasteiger partial charge < -0.3 is 15.4 Å². The summed E-state index contributed by atoms with van der Waals surface area (Å²) in [6.07, 6.45) is 1.81. The molecule has 1 aliphatic heterocycles. The zero-order chi connectivity index (χ0) is 13.0. The molecule has 1 saturated heterocycles. The van der Waals surface area contributed by atoms with Crippen LogP contribution < -0.4 is 15.4 Å². The van der Waals surface area contributed by atoms with Crippen molar-refractivity contribution in [1.82, 2.24) is 5.32 Å². The van der Waals surface area contributed by atoms with Gasteiger partial charge in [0.05, 0.1) is 7.11 Å². The van der Waals surface area contributed by atoms with E-state index in [-0.39, 0.29) is 24.2 Å². The number of carbonyl (C=O) groups is 1. The van der Waals surface area contributed by atoms with Gasteiger partial charge in [-0.25, -0.2) is 0 Å². The second-order valence-electron chi connectivity index (χ2n) is 4.79. The predicted molar refractivity (Wildman–Crippen MR) is 79.1 cm³/mol. The monoisotopic (exact) mass is 284 g/mol. The number of piperidine rings is 1. The summed E-state index contributed by atoms with van der Waals surface area (Å²) < 4.78 is 5.08. The van der Waals surface area contributed by atoms with E-state index in [1.807, 2.05) is 24.3 Å². The van der Waals surface area contributed by atoms with Gasteiger partial charge in [0, 0.05) is 17.6 Å². The Morgan fingerprint density at radius 2 is 2.05 bits per heavy atom. The van der Waals surface area contributed by atoms with Crippen LogP contribution in [0.2, 0.25) is 0 Å². The molecule has 0 radical (unpaired) electrons. The average Bonchev–Trinajstić information content (AvgIpc) is 2.39. The maximum absolute atomic E-state index is 12.1. The van der Waals surface area contributed by atoms with Gasteiger partial charge in [-0.05, 0) is 50.6 Å². The number of methoxy groups -OCH3 is 1. The molecule has 1 aromatic rings. The molecular weight excluding hydrogens is 264 g/mol. The van der Waals surface area contributed by atoms with E-state index in [0.29, 0.717) is 6.04 Å². The largest absolute Gasteiger partial charge is 0.497 e. The molecule has 5 heteroatoms. The van der Waals surface area contributed by atoms with Gasteiger partial charge in [-0.3, -0.25) is 4.79 Å². The molecule has 0 bridgehead atoms. The Labute approximate surface area is 120 Å². The molecule has 2 N–H and O–H groups in total. The van der Waals surface area contributed by atoms with Crippen molar-refractivity contribution < 1.29 is 9.53 Å². The van der Waals surface area contributed by atoms with Crippen molar-refractivity contribution in [3.8, 4) is 5.75 Å². The Hall–Kier alpha value is -1.26. The molecule has 0 unspecified atom stereocenters. The van der Waals surface area contributed by atoms with Crippen molar-refractivity contribution in [2.24, 2.45) is 5.92 Å². The Kier molecular flexibility index (Phi) is 6.12. The standard InChI is InChI=1S/C14H20N2O2.ClH/c1-10-9-11(7-8-15-10)14(17)16-12-3-5-13(18-2)6-4-12;/h3-6,10-11,15H,7-9H2,1-2H3,(H,16,17);1H/t10-,11-;/m0./s1. The lowest BCUT2D eigenvalue weighted by atomic mass is 9.92. The minimum atomic E-state index is 0. The summed E-state index contributed by atoms with van der Waals surface area (Å²) in [6, 6.07) is 7.84. The van der Waals surface area contributed by atoms with Crippen LogP contribution in [0.5, 0.6) is 5.75 Å². The molecule has 0 saturated carbocycles. The van der Waals surface area contributed by atoms with Crippen LogP contribution in [0.1, 0.15) is 19.8 Å². The number of benzene rings is 1. The predicted octanol–water partition coefficient (Wildman–Crippen LogP) is 2.44. The molecule has 1 heterocycles. The highest BCUT2D eigenvalue weighted by molar-refractivity contribution is 5.92. The van der Waals surface area contributed by atoms with E-state index in [2.05, 4.69) is 17.6 Å². The number of hydrogen-bond acceptors (Lipinski definition) is 3. The first-order chi connectivity index (χ1) is 8.69. The fourth-order valence-electron chi connectivity index (χ4n) is 2.29. The second-order valence-corrected chi connectivity index (χ2v) is 4.79. The van der Waals surface area contributed by atoms with Crippen LogP contribution in [0, 0.1) is 5.92 Å². The highest BCUT2D eigenvalue weighted by Gasteiger charge is 2.24. The lowest BCUT2D eigenvalue weighted by Crippen LogP contribution is -2.40. The first kappa shape index (κ1) is 15.8. The smallest absolute Gasteiger partial charge is 0.227 e. The van der Waals surface area contributed by atoms with Crippen molar-refractivity contribution in [1.29, 1.82) is 0 Å². The maximum Gasteiger partial charge on any atom is 0.227 e. The average molecular weight is 285 g/mol. The first-order valence-electron chi connectivity index (χ1n) is 6.37. The zero-order valence-electron chi connectivity index (χ0n) is 11.3. The van der Waals surface area contributed by atoms with Gasteiger partial charge in [-0.15, -0.1) is 12.4 Å². The van der Waals surface area contributed by atoms with Gasteiger partial charge in [-0.1, -0.05) is 0 Å². The Balaban J connectivity index is 0.00000180. The van der Waals surface area contributed by atoms with Gasteiger partial charge in [0.2, 0.25) is 5.91 Å². The fraction of sp³-hybridized carbons (Fsp3) is 0.500. The van der Waals surface area contributed by atoms with Crippen LogP contribution >= 0.6 is 12.4 Å². The third kappa shape index (κ3) is 4.40. The third-order valence-corrected chi connectivity index (χ3v) is 3.35. The maximum atomic E-state index is 12.1. The van der Waals surface area contributed by atoms with Crippen LogP contribution in [-0.2, 0) is 4.79 Å². The number of hydrogen-bond donors (Lipinski definition) is 2. The molecule has 2 rings (SSSR count). The van der Waals surface area contributed by atoms with E-state index < -0.39 is 0 Å². The lowest BCUT2D eigenvalue weighted by molar-refractivity contribution is -0.120. The van der Waals surface area contributed by atoms with E-state index in [9.17, 15) is 4.79 Å². The van der Waals surface area contributed by atoms with Crippen molar-refractivity contribution in [2.45, 2.75) is 25.8 Å². The number of ether oxygens (including phenoxy) is 1. The Bertz CT molecular complexity index is 408. The zero-order valence-corrected chi connectivity index (χ0v) is 12.1. The topological polar surface area (TPSA) is 50.4 Å². The van der Waals surface area contributed by atoms with Crippen LogP contribution in [0.3, 0.4) is 0 Å². The second kappa shape index (κ2) is 7.36. The van der Waals surface area contributed by atoms with Crippen molar-refractivity contribution in [2.75, 3.05) is 19.0 Å². The van der Waals surface area contributed by atoms with Gasteiger partial charge in [0.25, 0.3) is 0 Å². The van der Waals surface area contributed by atoms with Crippen LogP contribution in [0.15, 0.2) is 24.3 Å². The fourth-order valence-corrected chi connectivity index (χ4v) is 2.29. The number of rotatable bonds is 3. The lowest BCUT2D eigenvalue weighted by Gasteiger charge is -2.27. The molecule has 1 aromatic carbocycles. The minimum Gasteiger partial charge on any atom is -0.497 e. The molecule has 1 aliphatic rings. The van der Waals surface area contributed by atoms with E-state index in [1.54, 1.807) is 7.11 Å². The molecule has 19 heavy (non-hydrogen) atoms. The minimum absolute atomic E-state index is 0. The van der Waals surface area contributed by atoms with Crippen LogP contribution in [0.4, 0.5) is 5.69 Å². The summed E-state index contributed by atoms with van der Waals surface area (Å²) in [5, 5.41) is 6.31. The number of nitrogens with one attached hydrogen (secondary N) is 2. The number of amides is 1. The normalized spacial score (nSPS) is 22.2. The summed E-state index contributed by atoms with van der Waals surface area (Å²) in [6.45, 7) is 3.04. The molecular formula is C14H21ClN2O2. The highest BCUT2D eigenvalue weighted by Crippen LogP contribution is 2.20. The van der Waals surface area contributed by atoms with Crippen molar-refractivity contribution in [3.63, 3.8) is 0 Å². The Morgan fingerprint density at radius 1 is 1.37 bits per heavy atom. The highest BCUT2D eigenvalue weighted by atomic mass is 35.5. The summed E-state index contributed by atoms with van der Waals surface area (Å²) in [5.74, 6) is 1.03. The van der Waals surface area contributed by atoms with E-state index >= 15 is 0 Å². The molecule has 1 fully saturated rings. The van der Waals surface area contributed by atoms with Gasteiger partial charge in [0.15, 0.2) is 0 Å². The van der Waals surface area contributed by atoms with Crippen LogP contribution in [0.25, 0.3) is 0 Å². The SMILES string of the molecule is COc1ccc(NC(=O)[C@H]2CCN[C@@H](C)C2)cc1.Cl. The van der Waals surface area contributed by atoms with Crippen molar-refractivity contribution in [3.05, 3.63) is 24.3 Å². The molecule has 0 aromatic heterocycles. The van der Waals surface area contributed by atoms with E-state index in [4.69, 9.17) is 4.74 Å². The summed E-state index contributed by atoms with van der Waals surface area (Å²) in [7, 11) is 1.63. The molecule has 0 aliphatic carbocycles. The molecule has 2 atom stereocenters. The molecule has 4 nitrogen and oxygen atoms in total. The third-order valence-electron chi connectivity index (χ3n) is 3.35. The molecule has 1 amide bonds. The van der Waals surface area contributed by atoms with E-state index in [1.165, 1.54) is 0 Å². The Morgan fingerprint density at radius 3 is 2.63 bits per heavy atom. The van der Waals surface area contributed by atoms with Crippen molar-refractivity contribution >= 4 is 24.0 Å². The van der Waals surface area contributed by atoms with Crippen LogP contribution in [-0.4, -0.2) is 25.6 Å². The van der Waals surface area contributed by atoms with E-state index in [0.717, 1.165) is 30.8 Å². The van der Waals surface area contributed by atoms with Gasteiger partial charge in [-0.2, -0.15) is 0 Å². The summed E-state index contributed by atoms with van der Waals surface area (Å²) >= 11 is 0. The number of anilines is 1. The summed E-state index contributed by atoms with van der Waals surface area (Å²) in [4.78, 5) is 12.1. The molecule has 106 valence electrons. The van der Waals surface area contributed by atoms with Gasteiger partial charge >= 0.3 is 0 Å². The summed E-state index contributed by atoms with van der Waals surface area (Å²) in [5.41, 5.74) is 0.826. The number of halogens is 1. The molecule has 0 spiro atoms.